The van der Waals surface area contributed by atoms with Crippen molar-refractivity contribution in [3.63, 3.8) is 0 Å². The van der Waals surface area contributed by atoms with Crippen LogP contribution < -0.4 is 10.6 Å². The van der Waals surface area contributed by atoms with Crippen LogP contribution in [0.3, 0.4) is 0 Å². The first-order valence-electron chi connectivity index (χ1n) is 7.51. The van der Waals surface area contributed by atoms with E-state index in [1.54, 1.807) is 23.1 Å². The number of halogens is 3. The summed E-state index contributed by atoms with van der Waals surface area (Å²) in [6.45, 7) is 5.04. The van der Waals surface area contributed by atoms with E-state index in [1.807, 2.05) is 24.3 Å². The molecule has 0 aliphatic heterocycles. The van der Waals surface area contributed by atoms with Gasteiger partial charge >= 0.3 is 0 Å². The van der Waals surface area contributed by atoms with E-state index in [0.29, 0.717) is 34.6 Å². The van der Waals surface area contributed by atoms with E-state index < -0.39 is 0 Å². The van der Waals surface area contributed by atoms with Gasteiger partial charge in [0.25, 0.3) is 5.91 Å². The second-order valence-electron chi connectivity index (χ2n) is 5.62. The summed E-state index contributed by atoms with van der Waals surface area (Å²) in [5, 5.41) is 0.835. The lowest BCUT2D eigenvalue weighted by atomic mass is 10.0. The molecular weight excluding hydrogens is 367 g/mol. The summed E-state index contributed by atoms with van der Waals surface area (Å²) in [5.41, 5.74) is 8.11. The SMILES string of the molecule is CC(C)c1ccc(N(CCN)C(=O)c2ccc(Cl)cc2Cl)cc1.Cl. The number of rotatable bonds is 5. The Morgan fingerprint density at radius 2 is 1.75 bits per heavy atom. The Labute approximate surface area is 159 Å². The summed E-state index contributed by atoms with van der Waals surface area (Å²) >= 11 is 12.1. The van der Waals surface area contributed by atoms with Crippen LogP contribution in [0.4, 0.5) is 5.69 Å². The van der Waals surface area contributed by atoms with E-state index in [-0.39, 0.29) is 18.3 Å². The minimum absolute atomic E-state index is 0. The molecule has 0 aliphatic rings. The average Bonchev–Trinajstić information content (AvgIpc) is 2.52. The summed E-state index contributed by atoms with van der Waals surface area (Å²) < 4.78 is 0. The minimum atomic E-state index is -0.186. The maximum Gasteiger partial charge on any atom is 0.259 e. The number of amides is 1. The van der Waals surface area contributed by atoms with Crippen LogP contribution in [-0.4, -0.2) is 19.0 Å². The van der Waals surface area contributed by atoms with E-state index in [9.17, 15) is 4.79 Å². The van der Waals surface area contributed by atoms with Gasteiger partial charge in [0.2, 0.25) is 0 Å². The summed E-state index contributed by atoms with van der Waals surface area (Å²) in [5.74, 6) is 0.253. The second-order valence-corrected chi connectivity index (χ2v) is 6.46. The minimum Gasteiger partial charge on any atom is -0.329 e. The normalized spacial score (nSPS) is 10.4. The van der Waals surface area contributed by atoms with Gasteiger partial charge in [0.1, 0.15) is 0 Å². The molecule has 0 spiro atoms. The highest BCUT2D eigenvalue weighted by atomic mass is 35.5. The first-order chi connectivity index (χ1) is 10.9. The maximum absolute atomic E-state index is 12.8. The van der Waals surface area contributed by atoms with E-state index >= 15 is 0 Å². The summed E-state index contributed by atoms with van der Waals surface area (Å²) in [6, 6.07) is 12.8. The molecular formula is C18H21Cl3N2O. The lowest BCUT2D eigenvalue weighted by molar-refractivity contribution is 0.0988. The van der Waals surface area contributed by atoms with Crippen LogP contribution in [0, 0.1) is 0 Å². The van der Waals surface area contributed by atoms with Gasteiger partial charge in [0.15, 0.2) is 0 Å². The Morgan fingerprint density at radius 1 is 1.12 bits per heavy atom. The van der Waals surface area contributed by atoms with Gasteiger partial charge in [-0.25, -0.2) is 0 Å². The smallest absolute Gasteiger partial charge is 0.259 e. The molecule has 2 aromatic carbocycles. The molecule has 1 amide bonds. The van der Waals surface area contributed by atoms with Crippen molar-refractivity contribution in [3.8, 4) is 0 Å². The molecule has 6 heteroatoms. The molecule has 2 N–H and O–H groups in total. The zero-order valence-electron chi connectivity index (χ0n) is 13.6. The van der Waals surface area contributed by atoms with Crippen LogP contribution in [0.15, 0.2) is 42.5 Å². The lowest BCUT2D eigenvalue weighted by Gasteiger charge is -2.23. The van der Waals surface area contributed by atoms with Crippen molar-refractivity contribution in [1.82, 2.24) is 0 Å². The molecule has 130 valence electrons. The van der Waals surface area contributed by atoms with Gasteiger partial charge in [-0.05, 0) is 41.8 Å². The number of nitrogens with zero attached hydrogens (tertiary/aromatic N) is 1. The third-order valence-electron chi connectivity index (χ3n) is 3.63. The van der Waals surface area contributed by atoms with Gasteiger partial charge in [-0.3, -0.25) is 4.79 Å². The number of nitrogens with two attached hydrogens (primary N) is 1. The molecule has 0 radical (unpaired) electrons. The van der Waals surface area contributed by atoms with Crippen molar-refractivity contribution in [3.05, 3.63) is 63.6 Å². The third-order valence-corrected chi connectivity index (χ3v) is 4.18. The molecule has 0 aromatic heterocycles. The fourth-order valence-electron chi connectivity index (χ4n) is 2.32. The van der Waals surface area contributed by atoms with Gasteiger partial charge < -0.3 is 10.6 Å². The predicted octanol–water partition coefficient (Wildman–Crippen LogP) is 5.14. The van der Waals surface area contributed by atoms with Crippen molar-refractivity contribution in [2.45, 2.75) is 19.8 Å². The highest BCUT2D eigenvalue weighted by molar-refractivity contribution is 6.37. The standard InChI is InChI=1S/C18H20Cl2N2O.ClH/c1-12(2)13-3-6-15(7-4-13)22(10-9-21)18(23)16-8-5-14(19)11-17(16)20;/h3-8,11-12H,9-10,21H2,1-2H3;1H. The fourth-order valence-corrected chi connectivity index (χ4v) is 2.81. The number of hydrogen-bond donors (Lipinski definition) is 1. The number of carbonyl (C=O) groups is 1. The van der Waals surface area contributed by atoms with Gasteiger partial charge in [-0.15, -0.1) is 12.4 Å². The highest BCUT2D eigenvalue weighted by Crippen LogP contribution is 2.26. The Morgan fingerprint density at radius 3 is 2.25 bits per heavy atom. The molecule has 0 atom stereocenters. The van der Waals surface area contributed by atoms with Crippen molar-refractivity contribution in [2.75, 3.05) is 18.0 Å². The topological polar surface area (TPSA) is 46.3 Å². The Balaban J connectivity index is 0.00000288. The van der Waals surface area contributed by atoms with Crippen LogP contribution in [-0.2, 0) is 0 Å². The number of carbonyl (C=O) groups excluding carboxylic acids is 1. The van der Waals surface area contributed by atoms with Gasteiger partial charge in [-0.2, -0.15) is 0 Å². The molecule has 2 aromatic rings. The van der Waals surface area contributed by atoms with Crippen molar-refractivity contribution >= 4 is 47.2 Å². The summed E-state index contributed by atoms with van der Waals surface area (Å²) in [6.07, 6.45) is 0. The first-order valence-corrected chi connectivity index (χ1v) is 8.26. The Bertz CT molecular complexity index is 687. The molecule has 2 rings (SSSR count). The number of hydrogen-bond acceptors (Lipinski definition) is 2. The van der Waals surface area contributed by atoms with E-state index in [4.69, 9.17) is 28.9 Å². The Hall–Kier alpha value is -1.26. The molecule has 0 unspecified atom stereocenters. The Kier molecular flexibility index (Phi) is 8.04. The molecule has 0 saturated carbocycles. The molecule has 0 fully saturated rings. The number of anilines is 1. The molecule has 24 heavy (non-hydrogen) atoms. The zero-order chi connectivity index (χ0) is 17.0. The van der Waals surface area contributed by atoms with Crippen LogP contribution in [0.25, 0.3) is 0 Å². The number of benzene rings is 2. The summed E-state index contributed by atoms with van der Waals surface area (Å²) in [7, 11) is 0. The van der Waals surface area contributed by atoms with Crippen LogP contribution >= 0.6 is 35.6 Å². The van der Waals surface area contributed by atoms with Crippen molar-refractivity contribution < 1.29 is 4.79 Å². The second kappa shape index (κ2) is 9.28. The zero-order valence-corrected chi connectivity index (χ0v) is 16.0. The maximum atomic E-state index is 12.8. The van der Waals surface area contributed by atoms with Crippen molar-refractivity contribution in [2.24, 2.45) is 5.73 Å². The first kappa shape index (κ1) is 20.8. The van der Waals surface area contributed by atoms with Crippen LogP contribution in [0.5, 0.6) is 0 Å². The monoisotopic (exact) mass is 386 g/mol. The molecule has 0 saturated heterocycles. The molecule has 0 bridgehead atoms. The molecule has 0 aliphatic carbocycles. The quantitative estimate of drug-likeness (QED) is 0.771. The van der Waals surface area contributed by atoms with Gasteiger partial charge in [-0.1, -0.05) is 49.2 Å². The fraction of sp³-hybridized carbons (Fsp3) is 0.278. The van der Waals surface area contributed by atoms with E-state index in [0.717, 1.165) is 5.69 Å². The molecule has 3 nitrogen and oxygen atoms in total. The largest absolute Gasteiger partial charge is 0.329 e. The van der Waals surface area contributed by atoms with Crippen molar-refractivity contribution in [1.29, 1.82) is 0 Å². The van der Waals surface area contributed by atoms with Gasteiger partial charge in [0.05, 0.1) is 10.6 Å². The average molecular weight is 388 g/mol. The third kappa shape index (κ3) is 4.87. The van der Waals surface area contributed by atoms with Crippen LogP contribution in [0.1, 0.15) is 35.7 Å². The van der Waals surface area contributed by atoms with Crippen LogP contribution in [0.2, 0.25) is 10.0 Å². The van der Waals surface area contributed by atoms with E-state index in [1.165, 1.54) is 5.56 Å². The lowest BCUT2D eigenvalue weighted by Crippen LogP contribution is -2.35. The van der Waals surface area contributed by atoms with E-state index in [2.05, 4.69) is 13.8 Å². The summed E-state index contributed by atoms with van der Waals surface area (Å²) in [4.78, 5) is 14.5. The highest BCUT2D eigenvalue weighted by Gasteiger charge is 2.20. The predicted molar refractivity (Wildman–Crippen MR) is 105 cm³/mol. The molecule has 0 heterocycles. The van der Waals surface area contributed by atoms with Gasteiger partial charge in [0, 0.05) is 23.8 Å².